The number of likely N-dealkylation sites (tertiary alicyclic amines) is 1. The van der Waals surface area contributed by atoms with Crippen LogP contribution in [-0.2, 0) is 4.79 Å². The molecule has 7 heteroatoms. The fourth-order valence-electron chi connectivity index (χ4n) is 3.16. The second-order valence-electron chi connectivity index (χ2n) is 6.89. The Balaban J connectivity index is 2.02. The summed E-state index contributed by atoms with van der Waals surface area (Å²) in [4.78, 5) is 26.1. The van der Waals surface area contributed by atoms with Crippen LogP contribution in [0.4, 0.5) is 4.79 Å². The number of ether oxygens (including phenoxy) is 2. The summed E-state index contributed by atoms with van der Waals surface area (Å²) in [6.45, 7) is 5.50. The standard InChI is InChI=1S/C19H29N3O4/c1-13(2)11-20-19(24)21-18(23)12-22-9-5-6-16(22)15-10-14(25-3)7-8-17(15)26-4/h7-8,10,13,16H,5-6,9,11-12H2,1-4H3,(H2,20,21,23,24)/t16-/m1/s1. The number of methoxy groups -OCH3 is 2. The van der Waals surface area contributed by atoms with Crippen LogP contribution in [0.15, 0.2) is 18.2 Å². The molecule has 1 saturated heterocycles. The van der Waals surface area contributed by atoms with Crippen LogP contribution in [-0.4, -0.2) is 50.7 Å². The minimum Gasteiger partial charge on any atom is -0.497 e. The van der Waals surface area contributed by atoms with Gasteiger partial charge in [0.05, 0.1) is 20.8 Å². The second kappa shape index (κ2) is 9.43. The van der Waals surface area contributed by atoms with Crippen molar-refractivity contribution in [2.75, 3.05) is 33.9 Å². The third kappa shape index (κ3) is 5.36. The molecule has 1 atom stereocenters. The lowest BCUT2D eigenvalue weighted by molar-refractivity contribution is -0.121. The first-order valence-electron chi connectivity index (χ1n) is 8.98. The van der Waals surface area contributed by atoms with Crippen molar-refractivity contribution < 1.29 is 19.1 Å². The van der Waals surface area contributed by atoms with Crippen molar-refractivity contribution in [1.82, 2.24) is 15.5 Å². The molecule has 0 unspecified atom stereocenters. The van der Waals surface area contributed by atoms with Crippen LogP contribution >= 0.6 is 0 Å². The molecule has 2 rings (SSSR count). The van der Waals surface area contributed by atoms with Crippen molar-refractivity contribution >= 4 is 11.9 Å². The number of benzene rings is 1. The van der Waals surface area contributed by atoms with Gasteiger partial charge in [-0.25, -0.2) is 4.79 Å². The van der Waals surface area contributed by atoms with Crippen LogP contribution < -0.4 is 20.1 Å². The van der Waals surface area contributed by atoms with Crippen LogP contribution in [0.3, 0.4) is 0 Å². The fraction of sp³-hybridized carbons (Fsp3) is 0.579. The van der Waals surface area contributed by atoms with Crippen LogP contribution in [0.1, 0.15) is 38.3 Å². The second-order valence-corrected chi connectivity index (χ2v) is 6.89. The quantitative estimate of drug-likeness (QED) is 0.777. The first-order valence-corrected chi connectivity index (χ1v) is 8.98. The molecule has 0 radical (unpaired) electrons. The summed E-state index contributed by atoms with van der Waals surface area (Å²) in [6.07, 6.45) is 1.91. The van der Waals surface area contributed by atoms with Gasteiger partial charge in [-0.2, -0.15) is 0 Å². The van der Waals surface area contributed by atoms with Crippen LogP contribution in [0.25, 0.3) is 0 Å². The van der Waals surface area contributed by atoms with E-state index in [0.717, 1.165) is 36.4 Å². The monoisotopic (exact) mass is 363 g/mol. The van der Waals surface area contributed by atoms with E-state index >= 15 is 0 Å². The van der Waals surface area contributed by atoms with Crippen LogP contribution in [0, 0.1) is 5.92 Å². The van der Waals surface area contributed by atoms with E-state index < -0.39 is 6.03 Å². The zero-order valence-corrected chi connectivity index (χ0v) is 16.0. The normalized spacial score (nSPS) is 17.2. The summed E-state index contributed by atoms with van der Waals surface area (Å²) in [5.41, 5.74) is 1.00. The van der Waals surface area contributed by atoms with Gasteiger partial charge in [0.15, 0.2) is 0 Å². The molecule has 1 heterocycles. The third-order valence-electron chi connectivity index (χ3n) is 4.43. The Morgan fingerprint density at radius 2 is 2.04 bits per heavy atom. The number of urea groups is 1. The Morgan fingerprint density at radius 3 is 2.69 bits per heavy atom. The van der Waals surface area contributed by atoms with E-state index in [2.05, 4.69) is 15.5 Å². The summed E-state index contributed by atoms with van der Waals surface area (Å²) in [7, 11) is 3.26. The average molecular weight is 363 g/mol. The molecule has 26 heavy (non-hydrogen) atoms. The van der Waals surface area contributed by atoms with Gasteiger partial charge in [0.25, 0.3) is 0 Å². The molecule has 0 spiro atoms. The number of hydrogen-bond donors (Lipinski definition) is 2. The molecule has 0 aliphatic carbocycles. The molecule has 1 aliphatic heterocycles. The van der Waals surface area contributed by atoms with E-state index in [1.54, 1.807) is 14.2 Å². The number of nitrogens with one attached hydrogen (secondary N) is 2. The Hall–Kier alpha value is -2.28. The lowest BCUT2D eigenvalue weighted by Gasteiger charge is -2.25. The lowest BCUT2D eigenvalue weighted by atomic mass is 10.0. The number of carbonyl (C=O) groups excluding carboxylic acids is 2. The van der Waals surface area contributed by atoms with Crippen molar-refractivity contribution in [2.45, 2.75) is 32.7 Å². The summed E-state index contributed by atoms with van der Waals surface area (Å²) < 4.78 is 10.8. The minimum atomic E-state index is -0.446. The largest absolute Gasteiger partial charge is 0.497 e. The van der Waals surface area contributed by atoms with Gasteiger partial charge in [-0.15, -0.1) is 0 Å². The number of carbonyl (C=O) groups is 2. The van der Waals surface area contributed by atoms with Crippen LogP contribution in [0.2, 0.25) is 0 Å². The highest BCUT2D eigenvalue weighted by Gasteiger charge is 2.30. The predicted octanol–water partition coefficient (Wildman–Crippen LogP) is 2.32. The topological polar surface area (TPSA) is 79.9 Å². The molecule has 7 nitrogen and oxygen atoms in total. The van der Waals surface area contributed by atoms with E-state index in [1.807, 2.05) is 32.0 Å². The van der Waals surface area contributed by atoms with E-state index in [4.69, 9.17) is 9.47 Å². The molecule has 1 fully saturated rings. The maximum atomic E-state index is 12.2. The number of rotatable bonds is 7. The van der Waals surface area contributed by atoms with E-state index in [9.17, 15) is 9.59 Å². The van der Waals surface area contributed by atoms with E-state index in [0.29, 0.717) is 12.5 Å². The van der Waals surface area contributed by atoms with Crippen molar-refractivity contribution in [3.05, 3.63) is 23.8 Å². The maximum Gasteiger partial charge on any atom is 0.321 e. The van der Waals surface area contributed by atoms with Gasteiger partial charge in [0.1, 0.15) is 11.5 Å². The molecule has 1 aliphatic rings. The molecular weight excluding hydrogens is 334 g/mol. The van der Waals surface area contributed by atoms with Gasteiger partial charge in [0, 0.05) is 18.2 Å². The SMILES string of the molecule is COc1ccc(OC)c([C@H]2CCCN2CC(=O)NC(=O)NCC(C)C)c1. The Morgan fingerprint density at radius 1 is 1.27 bits per heavy atom. The van der Waals surface area contributed by atoms with Gasteiger partial charge in [-0.05, 0) is 43.5 Å². The highest BCUT2D eigenvalue weighted by Crippen LogP contribution is 2.38. The summed E-state index contributed by atoms with van der Waals surface area (Å²) >= 11 is 0. The van der Waals surface area contributed by atoms with Gasteiger partial charge in [-0.3, -0.25) is 15.0 Å². The van der Waals surface area contributed by atoms with Gasteiger partial charge in [0.2, 0.25) is 5.91 Å². The molecule has 0 saturated carbocycles. The summed E-state index contributed by atoms with van der Waals surface area (Å²) in [6, 6.07) is 5.30. The van der Waals surface area contributed by atoms with Crippen molar-refractivity contribution in [1.29, 1.82) is 0 Å². The molecular formula is C19H29N3O4. The van der Waals surface area contributed by atoms with E-state index in [1.165, 1.54) is 0 Å². The first kappa shape index (κ1) is 20.0. The lowest BCUT2D eigenvalue weighted by Crippen LogP contribution is -2.45. The summed E-state index contributed by atoms with van der Waals surface area (Å²) in [5.74, 6) is 1.56. The Kier molecular flexibility index (Phi) is 7.26. The van der Waals surface area contributed by atoms with Crippen molar-refractivity contribution in [3.63, 3.8) is 0 Å². The Bertz CT molecular complexity index is 633. The van der Waals surface area contributed by atoms with Crippen molar-refractivity contribution in [3.8, 4) is 11.5 Å². The third-order valence-corrected chi connectivity index (χ3v) is 4.43. The minimum absolute atomic E-state index is 0.0597. The molecule has 1 aromatic rings. The molecule has 0 aromatic heterocycles. The van der Waals surface area contributed by atoms with Gasteiger partial charge < -0.3 is 14.8 Å². The molecule has 144 valence electrons. The molecule has 0 bridgehead atoms. The summed E-state index contributed by atoms with van der Waals surface area (Å²) in [5, 5.41) is 5.09. The zero-order chi connectivity index (χ0) is 19.1. The number of amides is 3. The van der Waals surface area contributed by atoms with E-state index in [-0.39, 0.29) is 18.5 Å². The first-order chi connectivity index (χ1) is 12.4. The highest BCUT2D eigenvalue weighted by molar-refractivity contribution is 5.95. The highest BCUT2D eigenvalue weighted by atomic mass is 16.5. The van der Waals surface area contributed by atoms with Gasteiger partial charge >= 0.3 is 6.03 Å². The van der Waals surface area contributed by atoms with Crippen molar-refractivity contribution in [2.24, 2.45) is 5.92 Å². The smallest absolute Gasteiger partial charge is 0.321 e. The zero-order valence-electron chi connectivity index (χ0n) is 16.0. The maximum absolute atomic E-state index is 12.2. The number of hydrogen-bond acceptors (Lipinski definition) is 5. The van der Waals surface area contributed by atoms with Gasteiger partial charge in [-0.1, -0.05) is 13.8 Å². The predicted molar refractivity (Wildman–Crippen MR) is 99.5 cm³/mol. The number of nitrogens with zero attached hydrogens (tertiary/aromatic N) is 1. The van der Waals surface area contributed by atoms with Crippen LogP contribution in [0.5, 0.6) is 11.5 Å². The fourth-order valence-corrected chi connectivity index (χ4v) is 3.16. The molecule has 2 N–H and O–H groups in total. The molecule has 1 aromatic carbocycles. The number of imide groups is 1. The average Bonchev–Trinajstić information content (AvgIpc) is 3.07. The molecule has 3 amide bonds. The Labute approximate surface area is 155 Å².